The zero-order valence-electron chi connectivity index (χ0n) is 15.6. The molecule has 0 amide bonds. The van der Waals surface area contributed by atoms with Crippen molar-refractivity contribution in [2.75, 3.05) is 39.1 Å². The molecular weight excluding hydrogens is 368 g/mol. The van der Waals surface area contributed by atoms with Gasteiger partial charge in [0.2, 0.25) is 11.9 Å². The van der Waals surface area contributed by atoms with E-state index in [4.69, 9.17) is 18.9 Å². The Hall–Kier alpha value is -3.96. The number of aromatic nitrogens is 6. The molecule has 1 aromatic carbocycles. The second-order valence-corrected chi connectivity index (χ2v) is 5.09. The Morgan fingerprint density at radius 3 is 1.04 bits per heavy atom. The molecule has 0 fully saturated rings. The molecule has 0 aliphatic rings. The SMILES string of the molecule is COc1nc(Nc2ccc(Nc3nc(OC)nc(OC)n3)cc2)nc(OC)n1. The third-order valence-corrected chi connectivity index (χ3v) is 3.32. The van der Waals surface area contributed by atoms with Crippen molar-refractivity contribution in [1.29, 1.82) is 0 Å². The van der Waals surface area contributed by atoms with Gasteiger partial charge in [-0.1, -0.05) is 0 Å². The minimum absolute atomic E-state index is 0.144. The monoisotopic (exact) mass is 386 g/mol. The average Bonchev–Trinajstić information content (AvgIpc) is 2.74. The van der Waals surface area contributed by atoms with Gasteiger partial charge < -0.3 is 29.6 Å². The highest BCUT2D eigenvalue weighted by molar-refractivity contribution is 5.61. The van der Waals surface area contributed by atoms with E-state index in [0.29, 0.717) is 0 Å². The fraction of sp³-hybridized carbons (Fsp3) is 0.250. The Morgan fingerprint density at radius 1 is 0.500 bits per heavy atom. The van der Waals surface area contributed by atoms with Crippen LogP contribution in [0.4, 0.5) is 23.3 Å². The standard InChI is InChI=1S/C16H18N8O4/c1-25-13-19-11(20-14(23-13)26-2)17-9-5-7-10(8-6-9)18-12-21-15(27-3)24-16(22-12)28-4/h5-8H,1-4H3,(H,17,19,20,23)(H,18,21,22,24). The van der Waals surface area contributed by atoms with Gasteiger partial charge in [0, 0.05) is 11.4 Å². The molecule has 2 N–H and O–H groups in total. The summed E-state index contributed by atoms with van der Waals surface area (Å²) in [5, 5.41) is 6.10. The Labute approximate surface area is 160 Å². The number of rotatable bonds is 8. The van der Waals surface area contributed by atoms with Crippen LogP contribution in [0.25, 0.3) is 0 Å². The van der Waals surface area contributed by atoms with Crippen molar-refractivity contribution >= 4 is 23.3 Å². The quantitative estimate of drug-likeness (QED) is 0.581. The molecule has 0 saturated heterocycles. The zero-order chi connectivity index (χ0) is 19.9. The number of hydrogen-bond acceptors (Lipinski definition) is 12. The van der Waals surface area contributed by atoms with Crippen LogP contribution in [0.3, 0.4) is 0 Å². The van der Waals surface area contributed by atoms with Crippen LogP contribution in [0.1, 0.15) is 0 Å². The number of nitrogens with one attached hydrogen (secondary N) is 2. The van der Waals surface area contributed by atoms with Crippen LogP contribution in [0.15, 0.2) is 24.3 Å². The number of benzene rings is 1. The fourth-order valence-corrected chi connectivity index (χ4v) is 2.05. The number of anilines is 4. The summed E-state index contributed by atoms with van der Waals surface area (Å²) in [7, 11) is 5.85. The third kappa shape index (κ3) is 4.60. The Balaban J connectivity index is 1.74. The minimum atomic E-state index is 0.144. The lowest BCUT2D eigenvalue weighted by atomic mass is 10.3. The lowest BCUT2D eigenvalue weighted by Crippen LogP contribution is -2.04. The summed E-state index contributed by atoms with van der Waals surface area (Å²) in [5.74, 6) is 0.577. The van der Waals surface area contributed by atoms with Gasteiger partial charge in [-0.2, -0.15) is 19.9 Å². The van der Waals surface area contributed by atoms with Crippen LogP contribution < -0.4 is 29.6 Å². The topological polar surface area (TPSA) is 138 Å². The van der Waals surface area contributed by atoms with Crippen LogP contribution in [0, 0.1) is 0 Å². The maximum Gasteiger partial charge on any atom is 0.324 e. The summed E-state index contributed by atoms with van der Waals surface area (Å²) >= 11 is 0. The predicted molar refractivity (Wildman–Crippen MR) is 98.9 cm³/mol. The van der Waals surface area contributed by atoms with Crippen molar-refractivity contribution in [2.24, 2.45) is 0 Å². The van der Waals surface area contributed by atoms with E-state index in [9.17, 15) is 0 Å². The second kappa shape index (κ2) is 8.62. The van der Waals surface area contributed by atoms with Crippen LogP contribution in [-0.2, 0) is 0 Å². The van der Waals surface area contributed by atoms with Gasteiger partial charge in [0.15, 0.2) is 0 Å². The van der Waals surface area contributed by atoms with Crippen molar-refractivity contribution in [2.45, 2.75) is 0 Å². The Morgan fingerprint density at radius 2 is 0.786 bits per heavy atom. The van der Waals surface area contributed by atoms with E-state index in [1.165, 1.54) is 28.4 Å². The largest absolute Gasteiger partial charge is 0.467 e. The highest BCUT2D eigenvalue weighted by atomic mass is 16.5. The highest BCUT2D eigenvalue weighted by Gasteiger charge is 2.09. The highest BCUT2D eigenvalue weighted by Crippen LogP contribution is 2.22. The fourth-order valence-electron chi connectivity index (χ4n) is 2.05. The van der Waals surface area contributed by atoms with E-state index in [1.54, 1.807) is 0 Å². The van der Waals surface area contributed by atoms with Crippen LogP contribution >= 0.6 is 0 Å². The summed E-state index contributed by atoms with van der Waals surface area (Å²) in [6.45, 7) is 0. The summed E-state index contributed by atoms with van der Waals surface area (Å²) < 4.78 is 20.1. The van der Waals surface area contributed by atoms with Crippen LogP contribution in [0.5, 0.6) is 24.0 Å². The normalized spacial score (nSPS) is 10.1. The maximum atomic E-state index is 5.03. The summed E-state index contributed by atoms with van der Waals surface area (Å²) in [5.41, 5.74) is 1.48. The average molecular weight is 386 g/mol. The van der Waals surface area contributed by atoms with Gasteiger partial charge in [-0.25, -0.2) is 0 Å². The molecule has 0 aliphatic heterocycles. The van der Waals surface area contributed by atoms with Crippen LogP contribution in [-0.4, -0.2) is 58.3 Å². The predicted octanol–water partition coefficient (Wildman–Crippen LogP) is 1.58. The second-order valence-electron chi connectivity index (χ2n) is 5.09. The smallest absolute Gasteiger partial charge is 0.324 e. The molecule has 28 heavy (non-hydrogen) atoms. The first-order valence-electron chi connectivity index (χ1n) is 7.95. The van der Waals surface area contributed by atoms with Gasteiger partial charge in [0.1, 0.15) is 0 Å². The van der Waals surface area contributed by atoms with E-state index in [2.05, 4.69) is 40.5 Å². The molecule has 2 heterocycles. The molecule has 0 unspecified atom stereocenters. The van der Waals surface area contributed by atoms with Gasteiger partial charge in [0.05, 0.1) is 28.4 Å². The van der Waals surface area contributed by atoms with Crippen molar-refractivity contribution in [3.63, 3.8) is 0 Å². The molecule has 2 aromatic heterocycles. The number of methoxy groups -OCH3 is 4. The van der Waals surface area contributed by atoms with Crippen molar-refractivity contribution in [3.8, 4) is 24.0 Å². The van der Waals surface area contributed by atoms with Gasteiger partial charge in [-0.15, -0.1) is 9.97 Å². The van der Waals surface area contributed by atoms with E-state index >= 15 is 0 Å². The number of nitrogens with zero attached hydrogens (tertiary/aromatic N) is 6. The van der Waals surface area contributed by atoms with Gasteiger partial charge in [-0.05, 0) is 24.3 Å². The minimum Gasteiger partial charge on any atom is -0.467 e. The number of hydrogen-bond donors (Lipinski definition) is 2. The maximum absolute atomic E-state index is 5.03. The molecule has 0 atom stereocenters. The first-order valence-corrected chi connectivity index (χ1v) is 7.95. The third-order valence-electron chi connectivity index (χ3n) is 3.32. The lowest BCUT2D eigenvalue weighted by Gasteiger charge is -2.09. The van der Waals surface area contributed by atoms with Crippen molar-refractivity contribution < 1.29 is 18.9 Å². The molecule has 12 heteroatoms. The molecule has 12 nitrogen and oxygen atoms in total. The van der Waals surface area contributed by atoms with Crippen molar-refractivity contribution in [3.05, 3.63) is 24.3 Å². The molecule has 0 bridgehead atoms. The van der Waals surface area contributed by atoms with Crippen LogP contribution in [0.2, 0.25) is 0 Å². The summed E-state index contributed by atoms with van der Waals surface area (Å²) in [4.78, 5) is 24.4. The van der Waals surface area contributed by atoms with Gasteiger partial charge >= 0.3 is 24.0 Å². The Bertz CT molecular complexity index is 817. The van der Waals surface area contributed by atoms with E-state index in [1.807, 2.05) is 24.3 Å². The van der Waals surface area contributed by atoms with E-state index in [-0.39, 0.29) is 35.9 Å². The zero-order valence-corrected chi connectivity index (χ0v) is 15.6. The summed E-state index contributed by atoms with van der Waals surface area (Å²) in [6.07, 6.45) is 0. The molecule has 3 rings (SSSR count). The molecule has 0 spiro atoms. The summed E-state index contributed by atoms with van der Waals surface area (Å²) in [6, 6.07) is 7.86. The molecular formula is C16H18N8O4. The van der Waals surface area contributed by atoms with E-state index in [0.717, 1.165) is 11.4 Å². The molecule has 146 valence electrons. The molecule has 0 saturated carbocycles. The first-order chi connectivity index (χ1) is 13.6. The van der Waals surface area contributed by atoms with Gasteiger partial charge in [-0.3, -0.25) is 0 Å². The molecule has 0 radical (unpaired) electrons. The number of ether oxygens (including phenoxy) is 4. The van der Waals surface area contributed by atoms with Crippen molar-refractivity contribution in [1.82, 2.24) is 29.9 Å². The van der Waals surface area contributed by atoms with E-state index < -0.39 is 0 Å². The molecule has 0 aliphatic carbocycles. The van der Waals surface area contributed by atoms with Gasteiger partial charge in [0.25, 0.3) is 0 Å². The Kier molecular flexibility index (Phi) is 5.79. The first kappa shape index (κ1) is 18.8. The molecule has 3 aromatic rings. The lowest BCUT2D eigenvalue weighted by molar-refractivity contribution is 0.341.